The third-order valence-electron chi connectivity index (χ3n) is 2.54. The summed E-state index contributed by atoms with van der Waals surface area (Å²) in [5.41, 5.74) is 1.39. The monoisotopic (exact) mass is 295 g/mol. The van der Waals surface area contributed by atoms with Crippen molar-refractivity contribution in [1.29, 1.82) is 0 Å². The van der Waals surface area contributed by atoms with E-state index < -0.39 is 11.9 Å². The quantitative estimate of drug-likeness (QED) is 0.908. The molecule has 0 saturated carbocycles. The van der Waals surface area contributed by atoms with Crippen LogP contribution in [0.25, 0.3) is 0 Å². The molecule has 2 aromatic rings. The number of nitrogens with one attached hydrogen (secondary N) is 1. The fourth-order valence-corrected chi connectivity index (χ4v) is 2.48. The number of amides is 1. The highest BCUT2D eigenvalue weighted by Crippen LogP contribution is 2.25. The first kappa shape index (κ1) is 13.6. The zero-order valence-electron chi connectivity index (χ0n) is 9.94. The zero-order valence-corrected chi connectivity index (χ0v) is 11.5. The summed E-state index contributed by atoms with van der Waals surface area (Å²) in [5, 5.41) is 13.5. The Morgan fingerprint density at radius 2 is 2.05 bits per heavy atom. The highest BCUT2D eigenvalue weighted by molar-refractivity contribution is 7.12. The Bertz CT molecular complexity index is 651. The highest BCUT2D eigenvalue weighted by Gasteiger charge is 2.17. The maximum Gasteiger partial charge on any atom is 0.348 e. The van der Waals surface area contributed by atoms with Gasteiger partial charge in [0.15, 0.2) is 0 Å². The number of carboxylic acids is 1. The Kier molecular flexibility index (Phi) is 3.87. The molecule has 2 N–H and O–H groups in total. The van der Waals surface area contributed by atoms with E-state index in [0.717, 1.165) is 16.9 Å². The van der Waals surface area contributed by atoms with Gasteiger partial charge in [-0.05, 0) is 30.0 Å². The topological polar surface area (TPSA) is 66.4 Å². The first-order chi connectivity index (χ1) is 9.00. The maximum atomic E-state index is 12.1. The van der Waals surface area contributed by atoms with Crippen LogP contribution in [0.1, 0.15) is 25.6 Å². The van der Waals surface area contributed by atoms with Crippen molar-refractivity contribution in [2.24, 2.45) is 0 Å². The van der Waals surface area contributed by atoms with E-state index in [9.17, 15) is 9.59 Å². The van der Waals surface area contributed by atoms with Crippen LogP contribution >= 0.6 is 22.9 Å². The minimum absolute atomic E-state index is 0.0946. The standard InChI is InChI=1S/C13H10ClNO3S/c1-7-3-2-4-8(10(7)14)12(16)15-9-5-6-19-11(9)13(17)18/h2-6H,1H3,(H,15,16)(H,17,18). The smallest absolute Gasteiger partial charge is 0.348 e. The molecule has 1 heterocycles. The summed E-state index contributed by atoms with van der Waals surface area (Å²) in [6.07, 6.45) is 0. The van der Waals surface area contributed by atoms with Gasteiger partial charge in [-0.2, -0.15) is 0 Å². The van der Waals surface area contributed by atoms with E-state index in [0.29, 0.717) is 10.6 Å². The van der Waals surface area contributed by atoms with Crippen LogP contribution in [0.5, 0.6) is 0 Å². The molecule has 2 rings (SSSR count). The average Bonchev–Trinajstić information content (AvgIpc) is 2.80. The van der Waals surface area contributed by atoms with Crippen molar-refractivity contribution in [3.63, 3.8) is 0 Å². The molecule has 0 aliphatic rings. The van der Waals surface area contributed by atoms with Crippen molar-refractivity contribution in [1.82, 2.24) is 0 Å². The Balaban J connectivity index is 2.29. The Morgan fingerprint density at radius 3 is 2.74 bits per heavy atom. The van der Waals surface area contributed by atoms with Crippen molar-refractivity contribution in [2.45, 2.75) is 6.92 Å². The molecular weight excluding hydrogens is 286 g/mol. The summed E-state index contributed by atoms with van der Waals surface area (Å²) in [6, 6.07) is 6.67. The van der Waals surface area contributed by atoms with Gasteiger partial charge in [-0.25, -0.2) is 4.79 Å². The minimum atomic E-state index is -1.07. The lowest BCUT2D eigenvalue weighted by molar-refractivity contribution is 0.0703. The number of carbonyl (C=O) groups excluding carboxylic acids is 1. The summed E-state index contributed by atoms with van der Waals surface area (Å²) in [5.74, 6) is -1.49. The van der Waals surface area contributed by atoms with Crippen LogP contribution in [-0.4, -0.2) is 17.0 Å². The van der Waals surface area contributed by atoms with Crippen molar-refractivity contribution in [2.75, 3.05) is 5.32 Å². The van der Waals surface area contributed by atoms with Gasteiger partial charge in [0.1, 0.15) is 4.88 Å². The van der Waals surface area contributed by atoms with Crippen LogP contribution in [0.4, 0.5) is 5.69 Å². The van der Waals surface area contributed by atoms with Crippen molar-refractivity contribution < 1.29 is 14.7 Å². The average molecular weight is 296 g/mol. The molecule has 1 aromatic carbocycles. The summed E-state index contributed by atoms with van der Waals surface area (Å²) in [4.78, 5) is 23.1. The normalized spacial score (nSPS) is 10.2. The van der Waals surface area contributed by atoms with E-state index in [1.165, 1.54) is 0 Å². The predicted octanol–water partition coefficient (Wildman–Crippen LogP) is 3.66. The van der Waals surface area contributed by atoms with E-state index in [-0.39, 0.29) is 10.6 Å². The summed E-state index contributed by atoms with van der Waals surface area (Å²) in [7, 11) is 0. The van der Waals surface area contributed by atoms with E-state index in [1.807, 2.05) is 0 Å². The molecule has 6 heteroatoms. The Labute approximate surface area is 118 Å². The lowest BCUT2D eigenvalue weighted by atomic mass is 10.1. The predicted molar refractivity (Wildman–Crippen MR) is 75.4 cm³/mol. The fourth-order valence-electron chi connectivity index (χ4n) is 1.59. The SMILES string of the molecule is Cc1cccc(C(=O)Nc2ccsc2C(=O)O)c1Cl. The number of carboxylic acid groups (broad SMARTS) is 1. The van der Waals surface area contributed by atoms with Gasteiger partial charge in [0, 0.05) is 0 Å². The molecule has 1 amide bonds. The third kappa shape index (κ3) is 2.77. The largest absolute Gasteiger partial charge is 0.477 e. The fraction of sp³-hybridized carbons (Fsp3) is 0.0769. The van der Waals surface area contributed by atoms with Crippen molar-refractivity contribution in [3.8, 4) is 0 Å². The number of thiophene rings is 1. The molecule has 4 nitrogen and oxygen atoms in total. The molecule has 0 bridgehead atoms. The molecule has 19 heavy (non-hydrogen) atoms. The maximum absolute atomic E-state index is 12.1. The van der Waals surface area contributed by atoms with Gasteiger partial charge in [0.05, 0.1) is 16.3 Å². The van der Waals surface area contributed by atoms with Crippen LogP contribution in [0.15, 0.2) is 29.6 Å². The second-order valence-corrected chi connectivity index (χ2v) is 5.15. The van der Waals surface area contributed by atoms with Crippen LogP contribution in [-0.2, 0) is 0 Å². The number of aryl methyl sites for hydroxylation is 1. The van der Waals surface area contributed by atoms with Crippen LogP contribution < -0.4 is 5.32 Å². The number of aromatic carboxylic acids is 1. The lowest BCUT2D eigenvalue weighted by Crippen LogP contribution is -2.14. The number of hydrogen-bond donors (Lipinski definition) is 2. The van der Waals surface area contributed by atoms with Crippen LogP contribution in [0.2, 0.25) is 5.02 Å². The number of benzene rings is 1. The van der Waals surface area contributed by atoms with Crippen molar-refractivity contribution >= 4 is 40.5 Å². The van der Waals surface area contributed by atoms with Crippen LogP contribution in [0.3, 0.4) is 0 Å². The number of carbonyl (C=O) groups is 2. The van der Waals surface area contributed by atoms with Gasteiger partial charge >= 0.3 is 5.97 Å². The molecule has 0 atom stereocenters. The summed E-state index contributed by atoms with van der Waals surface area (Å²) in [6.45, 7) is 1.80. The molecule has 0 radical (unpaired) electrons. The van der Waals surface area contributed by atoms with Gasteiger partial charge in [0.2, 0.25) is 0 Å². The second kappa shape index (κ2) is 5.42. The van der Waals surface area contributed by atoms with Gasteiger partial charge in [-0.1, -0.05) is 23.7 Å². The number of anilines is 1. The number of halogens is 1. The Hall–Kier alpha value is -1.85. The molecule has 98 valence electrons. The first-order valence-corrected chi connectivity index (χ1v) is 6.63. The highest BCUT2D eigenvalue weighted by atomic mass is 35.5. The first-order valence-electron chi connectivity index (χ1n) is 5.38. The van der Waals surface area contributed by atoms with Crippen LogP contribution in [0, 0.1) is 6.92 Å². The Morgan fingerprint density at radius 1 is 1.32 bits per heavy atom. The van der Waals surface area contributed by atoms with E-state index in [4.69, 9.17) is 16.7 Å². The van der Waals surface area contributed by atoms with Crippen molar-refractivity contribution in [3.05, 3.63) is 50.7 Å². The molecule has 1 aromatic heterocycles. The molecule has 0 aliphatic heterocycles. The third-order valence-corrected chi connectivity index (χ3v) is 3.95. The molecule has 0 fully saturated rings. The lowest BCUT2D eigenvalue weighted by Gasteiger charge is -2.07. The van der Waals surface area contributed by atoms with E-state index >= 15 is 0 Å². The van der Waals surface area contributed by atoms with Gasteiger partial charge in [0.25, 0.3) is 5.91 Å². The zero-order chi connectivity index (χ0) is 14.0. The minimum Gasteiger partial charge on any atom is -0.477 e. The number of hydrogen-bond acceptors (Lipinski definition) is 3. The molecular formula is C13H10ClNO3S. The van der Waals surface area contributed by atoms with Gasteiger partial charge < -0.3 is 10.4 Å². The van der Waals surface area contributed by atoms with Gasteiger partial charge in [-0.15, -0.1) is 11.3 Å². The molecule has 0 unspecified atom stereocenters. The molecule has 0 aliphatic carbocycles. The van der Waals surface area contributed by atoms with E-state index in [2.05, 4.69) is 5.32 Å². The van der Waals surface area contributed by atoms with E-state index in [1.54, 1.807) is 36.6 Å². The van der Waals surface area contributed by atoms with Gasteiger partial charge in [-0.3, -0.25) is 4.79 Å². The number of rotatable bonds is 3. The summed E-state index contributed by atoms with van der Waals surface area (Å²) >= 11 is 7.11. The summed E-state index contributed by atoms with van der Waals surface area (Å²) < 4.78 is 0. The second-order valence-electron chi connectivity index (χ2n) is 3.86. The molecule has 0 saturated heterocycles. The molecule has 0 spiro atoms.